The number of urea groups is 1. The summed E-state index contributed by atoms with van der Waals surface area (Å²) in [7, 11) is 0. The SMILES string of the molecule is CCCNC(=O)NCCC(N)c1ccccc1. The maximum Gasteiger partial charge on any atom is 0.314 e. The van der Waals surface area contributed by atoms with Crippen molar-refractivity contribution < 1.29 is 4.79 Å². The van der Waals surface area contributed by atoms with Crippen LogP contribution in [0.2, 0.25) is 0 Å². The van der Waals surface area contributed by atoms with Crippen molar-refractivity contribution in [1.82, 2.24) is 10.6 Å². The summed E-state index contributed by atoms with van der Waals surface area (Å²) in [6.07, 6.45) is 1.68. The molecule has 94 valence electrons. The Kier molecular flexibility index (Phi) is 6.10. The van der Waals surface area contributed by atoms with Gasteiger partial charge in [0, 0.05) is 19.1 Å². The van der Waals surface area contributed by atoms with Crippen LogP contribution in [0.25, 0.3) is 0 Å². The number of carbonyl (C=O) groups excluding carboxylic acids is 1. The van der Waals surface area contributed by atoms with E-state index in [9.17, 15) is 4.79 Å². The van der Waals surface area contributed by atoms with E-state index >= 15 is 0 Å². The van der Waals surface area contributed by atoms with Crippen molar-refractivity contribution in [3.05, 3.63) is 35.9 Å². The molecular formula is C13H21N3O. The number of rotatable bonds is 6. The van der Waals surface area contributed by atoms with E-state index in [1.165, 1.54) is 0 Å². The van der Waals surface area contributed by atoms with E-state index in [1.54, 1.807) is 0 Å². The van der Waals surface area contributed by atoms with Gasteiger partial charge in [-0.15, -0.1) is 0 Å². The molecule has 0 aromatic heterocycles. The van der Waals surface area contributed by atoms with Crippen LogP contribution in [0.15, 0.2) is 30.3 Å². The van der Waals surface area contributed by atoms with Gasteiger partial charge < -0.3 is 16.4 Å². The van der Waals surface area contributed by atoms with Crippen molar-refractivity contribution in [1.29, 1.82) is 0 Å². The lowest BCUT2D eigenvalue weighted by Crippen LogP contribution is -2.37. The Morgan fingerprint density at radius 3 is 2.53 bits per heavy atom. The molecule has 1 aromatic rings. The second-order valence-corrected chi connectivity index (χ2v) is 3.99. The van der Waals surface area contributed by atoms with Gasteiger partial charge in [-0.3, -0.25) is 0 Å². The lowest BCUT2D eigenvalue weighted by Gasteiger charge is -2.12. The molecule has 4 heteroatoms. The van der Waals surface area contributed by atoms with Gasteiger partial charge in [-0.1, -0.05) is 37.3 Å². The molecule has 0 bridgehead atoms. The lowest BCUT2D eigenvalue weighted by atomic mass is 10.1. The largest absolute Gasteiger partial charge is 0.338 e. The minimum Gasteiger partial charge on any atom is -0.338 e. The van der Waals surface area contributed by atoms with Crippen molar-refractivity contribution in [2.75, 3.05) is 13.1 Å². The Morgan fingerprint density at radius 2 is 1.88 bits per heavy atom. The number of carbonyl (C=O) groups is 1. The minimum atomic E-state index is -0.118. The molecule has 0 saturated heterocycles. The molecule has 0 aliphatic carbocycles. The van der Waals surface area contributed by atoms with Gasteiger partial charge in [-0.05, 0) is 18.4 Å². The smallest absolute Gasteiger partial charge is 0.314 e. The number of nitrogens with two attached hydrogens (primary N) is 1. The highest BCUT2D eigenvalue weighted by Gasteiger charge is 2.05. The fourth-order valence-electron chi connectivity index (χ4n) is 1.51. The molecule has 0 heterocycles. The third-order valence-electron chi connectivity index (χ3n) is 2.50. The Labute approximate surface area is 103 Å². The number of benzene rings is 1. The highest BCUT2D eigenvalue weighted by Crippen LogP contribution is 2.11. The Balaban J connectivity index is 2.20. The molecule has 0 aliphatic heterocycles. The molecule has 4 nitrogen and oxygen atoms in total. The number of hydrogen-bond acceptors (Lipinski definition) is 2. The van der Waals surface area contributed by atoms with E-state index in [0.29, 0.717) is 13.1 Å². The summed E-state index contributed by atoms with van der Waals surface area (Å²) in [5.41, 5.74) is 7.11. The highest BCUT2D eigenvalue weighted by atomic mass is 16.2. The summed E-state index contributed by atoms with van der Waals surface area (Å²) in [6, 6.07) is 9.76. The predicted octanol–water partition coefficient (Wildman–Crippen LogP) is 1.79. The van der Waals surface area contributed by atoms with Crippen molar-refractivity contribution in [3.8, 4) is 0 Å². The molecule has 1 unspecified atom stereocenters. The third-order valence-corrected chi connectivity index (χ3v) is 2.50. The molecule has 1 rings (SSSR count). The van der Waals surface area contributed by atoms with E-state index in [-0.39, 0.29) is 12.1 Å². The topological polar surface area (TPSA) is 67.2 Å². The monoisotopic (exact) mass is 235 g/mol. The Hall–Kier alpha value is -1.55. The predicted molar refractivity (Wildman–Crippen MR) is 69.7 cm³/mol. The third kappa shape index (κ3) is 5.36. The first kappa shape index (κ1) is 13.5. The van der Waals surface area contributed by atoms with Gasteiger partial charge in [0.2, 0.25) is 0 Å². The van der Waals surface area contributed by atoms with Gasteiger partial charge in [-0.25, -0.2) is 4.79 Å². The molecular weight excluding hydrogens is 214 g/mol. The first-order valence-electron chi connectivity index (χ1n) is 6.06. The second kappa shape index (κ2) is 7.68. The average molecular weight is 235 g/mol. The standard InChI is InChI=1S/C13H21N3O/c1-2-9-15-13(17)16-10-8-12(14)11-6-4-3-5-7-11/h3-7,12H,2,8-10,14H2,1H3,(H2,15,16,17). The average Bonchev–Trinajstić information content (AvgIpc) is 2.37. The molecule has 0 spiro atoms. The molecule has 2 amide bonds. The second-order valence-electron chi connectivity index (χ2n) is 3.99. The fraction of sp³-hybridized carbons (Fsp3) is 0.462. The first-order valence-corrected chi connectivity index (χ1v) is 6.06. The van der Waals surface area contributed by atoms with Crippen LogP contribution in [0.4, 0.5) is 4.79 Å². The Bertz CT molecular complexity index is 327. The van der Waals surface area contributed by atoms with Gasteiger partial charge in [0.1, 0.15) is 0 Å². The van der Waals surface area contributed by atoms with E-state index in [4.69, 9.17) is 5.73 Å². The summed E-state index contributed by atoms with van der Waals surface area (Å²) in [5, 5.41) is 5.54. The molecule has 1 aromatic carbocycles. The van der Waals surface area contributed by atoms with Crippen LogP contribution in [0.1, 0.15) is 31.4 Å². The van der Waals surface area contributed by atoms with Crippen LogP contribution in [0, 0.1) is 0 Å². The van der Waals surface area contributed by atoms with Gasteiger partial charge >= 0.3 is 6.03 Å². The molecule has 0 fully saturated rings. The fourth-order valence-corrected chi connectivity index (χ4v) is 1.51. The zero-order chi connectivity index (χ0) is 12.5. The van der Waals surface area contributed by atoms with E-state index in [0.717, 1.165) is 18.4 Å². The summed E-state index contributed by atoms with van der Waals surface area (Å²) in [4.78, 5) is 11.3. The quantitative estimate of drug-likeness (QED) is 0.703. The lowest BCUT2D eigenvalue weighted by molar-refractivity contribution is 0.240. The number of amides is 2. The normalized spacial score (nSPS) is 11.9. The van der Waals surface area contributed by atoms with Crippen molar-refractivity contribution in [2.45, 2.75) is 25.8 Å². The van der Waals surface area contributed by atoms with Gasteiger partial charge in [0.25, 0.3) is 0 Å². The maximum atomic E-state index is 11.3. The molecule has 0 radical (unpaired) electrons. The van der Waals surface area contributed by atoms with E-state index in [2.05, 4.69) is 10.6 Å². The van der Waals surface area contributed by atoms with Gasteiger partial charge in [0.15, 0.2) is 0 Å². The van der Waals surface area contributed by atoms with Crippen molar-refractivity contribution >= 4 is 6.03 Å². The molecule has 17 heavy (non-hydrogen) atoms. The highest BCUT2D eigenvalue weighted by molar-refractivity contribution is 5.73. The Morgan fingerprint density at radius 1 is 1.24 bits per heavy atom. The summed E-state index contributed by atoms with van der Waals surface area (Å²) in [6.45, 7) is 3.31. The van der Waals surface area contributed by atoms with Crippen LogP contribution in [0.3, 0.4) is 0 Å². The maximum absolute atomic E-state index is 11.3. The van der Waals surface area contributed by atoms with Crippen LogP contribution in [0.5, 0.6) is 0 Å². The number of hydrogen-bond donors (Lipinski definition) is 3. The molecule has 1 atom stereocenters. The van der Waals surface area contributed by atoms with E-state index < -0.39 is 0 Å². The summed E-state index contributed by atoms with van der Waals surface area (Å²) >= 11 is 0. The van der Waals surface area contributed by atoms with Crippen LogP contribution in [-0.2, 0) is 0 Å². The van der Waals surface area contributed by atoms with Crippen LogP contribution < -0.4 is 16.4 Å². The molecule has 4 N–H and O–H groups in total. The van der Waals surface area contributed by atoms with Crippen LogP contribution >= 0.6 is 0 Å². The number of nitrogens with one attached hydrogen (secondary N) is 2. The van der Waals surface area contributed by atoms with Crippen molar-refractivity contribution in [2.24, 2.45) is 5.73 Å². The van der Waals surface area contributed by atoms with E-state index in [1.807, 2.05) is 37.3 Å². The van der Waals surface area contributed by atoms with Gasteiger partial charge in [-0.2, -0.15) is 0 Å². The minimum absolute atomic E-state index is 0.0253. The van der Waals surface area contributed by atoms with Crippen LogP contribution in [-0.4, -0.2) is 19.1 Å². The molecule has 0 saturated carbocycles. The zero-order valence-corrected chi connectivity index (χ0v) is 10.3. The first-order chi connectivity index (χ1) is 8.24. The zero-order valence-electron chi connectivity index (χ0n) is 10.3. The summed E-state index contributed by atoms with van der Waals surface area (Å²) in [5.74, 6) is 0. The summed E-state index contributed by atoms with van der Waals surface area (Å²) < 4.78 is 0. The van der Waals surface area contributed by atoms with Gasteiger partial charge in [0.05, 0.1) is 0 Å². The molecule has 0 aliphatic rings. The van der Waals surface area contributed by atoms with Crippen molar-refractivity contribution in [3.63, 3.8) is 0 Å².